The van der Waals surface area contributed by atoms with Gasteiger partial charge in [0, 0.05) is 18.5 Å². The van der Waals surface area contributed by atoms with E-state index in [1.54, 1.807) is 17.0 Å². The molecule has 1 aliphatic carbocycles. The number of amides is 1. The number of carbonyl (C=O) groups excluding carboxylic acids is 1. The van der Waals surface area contributed by atoms with Gasteiger partial charge in [-0.15, -0.1) is 0 Å². The van der Waals surface area contributed by atoms with Crippen molar-refractivity contribution in [2.45, 2.75) is 32.4 Å². The quantitative estimate of drug-likeness (QED) is 0.783. The van der Waals surface area contributed by atoms with Gasteiger partial charge in [-0.05, 0) is 49.3 Å². The molecule has 5 heteroatoms. The molecular weight excluding hydrogens is 279 g/mol. The predicted molar refractivity (Wildman–Crippen MR) is 72.7 cm³/mol. The minimum Gasteiger partial charge on any atom is -0.344 e. The van der Waals surface area contributed by atoms with Gasteiger partial charge in [-0.2, -0.15) is 13.2 Å². The maximum Gasteiger partial charge on any atom is 0.416 e. The first kappa shape index (κ1) is 14.4. The third kappa shape index (κ3) is 2.65. The van der Waals surface area contributed by atoms with E-state index in [1.165, 1.54) is 13.0 Å². The molecule has 0 N–H and O–H groups in total. The van der Waals surface area contributed by atoms with Gasteiger partial charge in [0.25, 0.3) is 0 Å². The van der Waals surface area contributed by atoms with E-state index in [4.69, 9.17) is 0 Å². The number of nitrogens with zero attached hydrogens (tertiary/aromatic N) is 1. The predicted octanol–water partition coefficient (Wildman–Crippen LogP) is 3.42. The van der Waals surface area contributed by atoms with Crippen LogP contribution in [0.5, 0.6) is 0 Å². The Labute approximate surface area is 121 Å². The molecule has 0 bridgehead atoms. The van der Waals surface area contributed by atoms with Gasteiger partial charge >= 0.3 is 6.18 Å². The van der Waals surface area contributed by atoms with E-state index in [2.05, 4.69) is 0 Å². The Morgan fingerprint density at radius 3 is 2.52 bits per heavy atom. The summed E-state index contributed by atoms with van der Waals surface area (Å²) in [5, 5.41) is 0. The Hall–Kier alpha value is -1.52. The van der Waals surface area contributed by atoms with Gasteiger partial charge in [0.05, 0.1) is 5.56 Å². The van der Waals surface area contributed by atoms with Crippen LogP contribution in [0.25, 0.3) is 0 Å². The molecule has 1 saturated carbocycles. The van der Waals surface area contributed by atoms with E-state index in [0.717, 1.165) is 44.3 Å². The molecule has 1 aromatic carbocycles. The van der Waals surface area contributed by atoms with Crippen molar-refractivity contribution in [3.8, 4) is 0 Å². The highest BCUT2D eigenvalue weighted by atomic mass is 19.4. The molecule has 1 amide bonds. The van der Waals surface area contributed by atoms with Crippen molar-refractivity contribution in [1.29, 1.82) is 0 Å². The zero-order valence-electron chi connectivity index (χ0n) is 11.9. The SMILES string of the molecule is Cc1cc(CC2CC3(C2)CN(C=O)C3)ccc1C(F)(F)F. The van der Waals surface area contributed by atoms with Gasteiger partial charge < -0.3 is 4.90 Å². The van der Waals surface area contributed by atoms with Crippen LogP contribution in [0.15, 0.2) is 18.2 Å². The summed E-state index contributed by atoms with van der Waals surface area (Å²) in [5.74, 6) is 0.537. The van der Waals surface area contributed by atoms with Gasteiger partial charge in [-0.25, -0.2) is 0 Å². The summed E-state index contributed by atoms with van der Waals surface area (Å²) in [5.41, 5.74) is 1.04. The van der Waals surface area contributed by atoms with Crippen molar-refractivity contribution in [3.63, 3.8) is 0 Å². The highest BCUT2D eigenvalue weighted by molar-refractivity contribution is 5.49. The molecule has 2 nitrogen and oxygen atoms in total. The van der Waals surface area contributed by atoms with Gasteiger partial charge in [-0.3, -0.25) is 4.79 Å². The fraction of sp³-hybridized carbons (Fsp3) is 0.562. The van der Waals surface area contributed by atoms with Crippen molar-refractivity contribution in [3.05, 3.63) is 34.9 Å². The summed E-state index contributed by atoms with van der Waals surface area (Å²) in [6.45, 7) is 3.21. The van der Waals surface area contributed by atoms with Crippen LogP contribution in [0.3, 0.4) is 0 Å². The molecule has 21 heavy (non-hydrogen) atoms. The van der Waals surface area contributed by atoms with Gasteiger partial charge in [0.15, 0.2) is 0 Å². The van der Waals surface area contributed by atoms with Crippen LogP contribution in [-0.4, -0.2) is 24.4 Å². The molecule has 0 aromatic heterocycles. The second-order valence-electron chi connectivity index (χ2n) is 6.64. The lowest BCUT2D eigenvalue weighted by Gasteiger charge is -2.58. The van der Waals surface area contributed by atoms with E-state index in [9.17, 15) is 18.0 Å². The second kappa shape index (κ2) is 4.75. The standard InChI is InChI=1S/C16H18F3NO/c1-11-4-12(2-3-14(11)16(17,18)19)5-13-6-15(7-13)8-20(9-15)10-21/h2-4,10,13H,5-9H2,1H3. The van der Waals surface area contributed by atoms with E-state index < -0.39 is 11.7 Å². The molecule has 0 radical (unpaired) electrons. The molecule has 2 fully saturated rings. The van der Waals surface area contributed by atoms with Crippen LogP contribution in [-0.2, 0) is 17.4 Å². The molecule has 3 rings (SSSR count). The topological polar surface area (TPSA) is 20.3 Å². The Balaban J connectivity index is 1.58. The zero-order valence-corrected chi connectivity index (χ0v) is 11.9. The van der Waals surface area contributed by atoms with E-state index in [-0.39, 0.29) is 0 Å². The minimum absolute atomic E-state index is 0.296. The largest absolute Gasteiger partial charge is 0.416 e. The number of halogens is 3. The smallest absolute Gasteiger partial charge is 0.344 e. The van der Waals surface area contributed by atoms with Crippen LogP contribution in [0.4, 0.5) is 13.2 Å². The van der Waals surface area contributed by atoms with E-state index >= 15 is 0 Å². The van der Waals surface area contributed by atoms with Crippen LogP contribution in [0.2, 0.25) is 0 Å². The maximum atomic E-state index is 12.7. The zero-order chi connectivity index (χ0) is 15.3. The van der Waals surface area contributed by atoms with Crippen molar-refractivity contribution in [1.82, 2.24) is 4.90 Å². The van der Waals surface area contributed by atoms with Gasteiger partial charge in [0.1, 0.15) is 0 Å². The summed E-state index contributed by atoms with van der Waals surface area (Å²) >= 11 is 0. The fourth-order valence-corrected chi connectivity index (χ4v) is 3.96. The summed E-state index contributed by atoms with van der Waals surface area (Å²) in [7, 11) is 0. The lowest BCUT2D eigenvalue weighted by atomic mass is 9.56. The number of aryl methyl sites for hydroxylation is 1. The minimum atomic E-state index is -4.27. The fourth-order valence-electron chi connectivity index (χ4n) is 3.96. The van der Waals surface area contributed by atoms with Crippen molar-refractivity contribution < 1.29 is 18.0 Å². The van der Waals surface area contributed by atoms with Gasteiger partial charge in [0.2, 0.25) is 6.41 Å². The average molecular weight is 297 g/mol. The summed E-state index contributed by atoms with van der Waals surface area (Å²) in [6, 6.07) is 4.45. The van der Waals surface area contributed by atoms with Crippen LogP contribution in [0.1, 0.15) is 29.5 Å². The van der Waals surface area contributed by atoms with E-state index in [1.807, 2.05) is 0 Å². The molecule has 0 unspecified atom stereocenters. The number of rotatable bonds is 3. The Bertz CT molecular complexity index is 553. The lowest BCUT2D eigenvalue weighted by molar-refractivity contribution is -0.141. The maximum absolute atomic E-state index is 12.7. The molecule has 1 spiro atoms. The number of benzene rings is 1. The first-order valence-electron chi connectivity index (χ1n) is 7.17. The van der Waals surface area contributed by atoms with E-state index in [0.29, 0.717) is 16.9 Å². The van der Waals surface area contributed by atoms with Crippen molar-refractivity contribution >= 4 is 6.41 Å². The Kier molecular flexibility index (Phi) is 3.26. The molecule has 2 aliphatic rings. The lowest BCUT2D eigenvalue weighted by Crippen LogP contribution is -2.61. The number of likely N-dealkylation sites (tertiary alicyclic amines) is 1. The monoisotopic (exact) mass is 297 g/mol. The number of hydrogen-bond donors (Lipinski definition) is 0. The average Bonchev–Trinajstić information content (AvgIpc) is 2.28. The first-order chi connectivity index (χ1) is 9.81. The summed E-state index contributed by atoms with van der Waals surface area (Å²) < 4.78 is 38.1. The Morgan fingerprint density at radius 1 is 1.33 bits per heavy atom. The molecule has 1 saturated heterocycles. The third-order valence-electron chi connectivity index (χ3n) is 4.79. The normalized spacial score (nSPS) is 21.0. The third-order valence-corrected chi connectivity index (χ3v) is 4.79. The van der Waals surface area contributed by atoms with Crippen LogP contribution >= 0.6 is 0 Å². The van der Waals surface area contributed by atoms with Crippen molar-refractivity contribution in [2.24, 2.45) is 11.3 Å². The molecule has 1 heterocycles. The van der Waals surface area contributed by atoms with Crippen molar-refractivity contribution in [2.75, 3.05) is 13.1 Å². The molecule has 0 atom stereocenters. The molecule has 1 aliphatic heterocycles. The Morgan fingerprint density at radius 2 is 2.00 bits per heavy atom. The first-order valence-corrected chi connectivity index (χ1v) is 7.17. The number of alkyl halides is 3. The molecule has 1 aromatic rings. The summed E-state index contributed by atoms with van der Waals surface area (Å²) in [6.07, 6.45) is -0.387. The van der Waals surface area contributed by atoms with Gasteiger partial charge in [-0.1, -0.05) is 12.1 Å². The molecular formula is C16H18F3NO. The molecule has 114 valence electrons. The number of hydrogen-bond acceptors (Lipinski definition) is 1. The second-order valence-corrected chi connectivity index (χ2v) is 6.64. The highest BCUT2D eigenvalue weighted by Gasteiger charge is 2.51. The highest BCUT2D eigenvalue weighted by Crippen LogP contribution is 2.52. The van der Waals surface area contributed by atoms with Crippen LogP contribution in [0, 0.1) is 18.3 Å². The van der Waals surface area contributed by atoms with Crippen LogP contribution < -0.4 is 0 Å². The summed E-state index contributed by atoms with van der Waals surface area (Å²) in [4.78, 5) is 12.3. The number of carbonyl (C=O) groups is 1.